The first-order valence-corrected chi connectivity index (χ1v) is 7.42. The largest absolute Gasteiger partial charge is 0.390 e. The predicted molar refractivity (Wildman–Crippen MR) is 81.1 cm³/mol. The van der Waals surface area contributed by atoms with E-state index in [2.05, 4.69) is 10.2 Å². The Morgan fingerprint density at radius 3 is 2.81 bits per heavy atom. The maximum Gasteiger partial charge on any atom is 0.296 e. The van der Waals surface area contributed by atoms with Crippen molar-refractivity contribution in [1.29, 1.82) is 0 Å². The number of carbonyl (C=O) groups is 2. The van der Waals surface area contributed by atoms with Crippen LogP contribution >= 0.6 is 11.6 Å². The number of nitrogens with one attached hydrogen (secondary N) is 1. The quantitative estimate of drug-likeness (QED) is 0.781. The highest BCUT2D eigenvalue weighted by Crippen LogP contribution is 2.36. The number of hydrogen-bond acceptors (Lipinski definition) is 4. The molecule has 21 heavy (non-hydrogen) atoms. The molecule has 0 aromatic heterocycles. The average Bonchev–Trinajstić information content (AvgIpc) is 2.59. The van der Waals surface area contributed by atoms with Crippen molar-refractivity contribution in [3.05, 3.63) is 22.7 Å². The third kappa shape index (κ3) is 2.63. The van der Waals surface area contributed by atoms with Gasteiger partial charge in [0.05, 0.1) is 27.6 Å². The molecule has 3 rings (SSSR count). The average molecular weight is 309 g/mol. The second-order valence-electron chi connectivity index (χ2n) is 5.97. The van der Waals surface area contributed by atoms with Gasteiger partial charge in [-0.2, -0.15) is 0 Å². The number of carbonyl (C=O) groups excluding carboxylic acids is 2. The summed E-state index contributed by atoms with van der Waals surface area (Å²) in [7, 11) is 0. The summed E-state index contributed by atoms with van der Waals surface area (Å²) in [6.45, 7) is 3.32. The van der Waals surface area contributed by atoms with E-state index in [9.17, 15) is 14.7 Å². The van der Waals surface area contributed by atoms with Gasteiger partial charge in [0.2, 0.25) is 0 Å². The summed E-state index contributed by atoms with van der Waals surface area (Å²) in [5, 5.41) is 13.2. The number of aliphatic hydroxyl groups is 1. The van der Waals surface area contributed by atoms with Crippen LogP contribution in [0, 0.1) is 0 Å². The minimum absolute atomic E-state index is 0.329. The monoisotopic (exact) mass is 308 g/mol. The van der Waals surface area contributed by atoms with E-state index in [1.54, 1.807) is 12.1 Å². The van der Waals surface area contributed by atoms with Gasteiger partial charge in [-0.1, -0.05) is 11.6 Å². The zero-order valence-electron chi connectivity index (χ0n) is 11.8. The van der Waals surface area contributed by atoms with Crippen molar-refractivity contribution in [3.63, 3.8) is 0 Å². The first-order valence-electron chi connectivity index (χ1n) is 7.04. The van der Waals surface area contributed by atoms with Gasteiger partial charge in [0, 0.05) is 13.1 Å². The first kappa shape index (κ1) is 14.4. The fourth-order valence-corrected chi connectivity index (χ4v) is 3.18. The summed E-state index contributed by atoms with van der Waals surface area (Å²) < 4.78 is 0. The van der Waals surface area contributed by atoms with Crippen LogP contribution in [0.15, 0.2) is 12.1 Å². The summed E-state index contributed by atoms with van der Waals surface area (Å²) in [5.41, 5.74) is 0.987. The van der Waals surface area contributed by atoms with Gasteiger partial charge >= 0.3 is 0 Å². The van der Waals surface area contributed by atoms with Gasteiger partial charge in [0.25, 0.3) is 11.7 Å². The van der Waals surface area contributed by atoms with E-state index >= 15 is 0 Å². The zero-order valence-corrected chi connectivity index (χ0v) is 12.5. The Kier molecular flexibility index (Phi) is 3.42. The predicted octanol–water partition coefficient (Wildman–Crippen LogP) is 2.22. The highest BCUT2D eigenvalue weighted by atomic mass is 35.5. The van der Waals surface area contributed by atoms with Gasteiger partial charge in [0.15, 0.2) is 0 Å². The second-order valence-corrected chi connectivity index (χ2v) is 6.38. The molecule has 1 unspecified atom stereocenters. The molecule has 2 heterocycles. The van der Waals surface area contributed by atoms with Crippen LogP contribution in [0.25, 0.3) is 0 Å². The lowest BCUT2D eigenvalue weighted by molar-refractivity contribution is -0.112. The lowest BCUT2D eigenvalue weighted by Gasteiger charge is -2.25. The molecular formula is C15H17ClN2O3. The summed E-state index contributed by atoms with van der Waals surface area (Å²) in [6.07, 6.45) is 2.28. The van der Waals surface area contributed by atoms with Gasteiger partial charge in [-0.3, -0.25) is 9.59 Å². The van der Waals surface area contributed by atoms with Crippen LogP contribution in [0.4, 0.5) is 11.4 Å². The molecule has 1 atom stereocenters. The van der Waals surface area contributed by atoms with Gasteiger partial charge in [-0.05, 0) is 38.3 Å². The smallest absolute Gasteiger partial charge is 0.296 e. The Hall–Kier alpha value is -1.59. The number of rotatable bonds is 1. The van der Waals surface area contributed by atoms with Crippen molar-refractivity contribution in [2.45, 2.75) is 31.8 Å². The molecule has 0 radical (unpaired) electrons. The minimum atomic E-state index is -0.651. The van der Waals surface area contributed by atoms with Crippen molar-refractivity contribution in [1.82, 2.24) is 0 Å². The Bertz CT molecular complexity index is 628. The van der Waals surface area contributed by atoms with Crippen molar-refractivity contribution in [3.8, 4) is 0 Å². The minimum Gasteiger partial charge on any atom is -0.390 e. The topological polar surface area (TPSA) is 69.6 Å². The summed E-state index contributed by atoms with van der Waals surface area (Å²) in [5.74, 6) is -1.16. The number of Topliss-reactive ketones (excluding diaryl/α,β-unsaturated/α-hetero) is 1. The molecule has 5 nitrogen and oxygen atoms in total. The highest BCUT2D eigenvalue weighted by Gasteiger charge is 2.31. The van der Waals surface area contributed by atoms with Crippen LogP contribution in [0.3, 0.4) is 0 Å². The SMILES string of the molecule is CC1(O)CCCN(c2cc3c(cc2Cl)C(=O)C(=O)N3)CC1. The molecular weight excluding hydrogens is 292 g/mol. The summed E-state index contributed by atoms with van der Waals surface area (Å²) >= 11 is 6.28. The molecule has 0 bridgehead atoms. The molecule has 2 N–H and O–H groups in total. The Morgan fingerprint density at radius 2 is 2.05 bits per heavy atom. The number of halogens is 1. The van der Waals surface area contributed by atoms with E-state index in [1.807, 2.05) is 6.92 Å². The molecule has 1 fully saturated rings. The number of fused-ring (bicyclic) bond motifs is 1. The lowest BCUT2D eigenvalue weighted by Crippen LogP contribution is -2.28. The van der Waals surface area contributed by atoms with Crippen molar-refractivity contribution in [2.75, 3.05) is 23.3 Å². The van der Waals surface area contributed by atoms with Crippen molar-refractivity contribution < 1.29 is 14.7 Å². The van der Waals surface area contributed by atoms with Crippen LogP contribution in [0.1, 0.15) is 36.5 Å². The highest BCUT2D eigenvalue weighted by molar-refractivity contribution is 6.52. The lowest BCUT2D eigenvalue weighted by atomic mass is 9.98. The molecule has 1 aromatic carbocycles. The standard InChI is InChI=1S/C15H17ClN2O3/c1-15(21)3-2-5-18(6-4-15)12-8-11-9(7-10(12)16)13(19)14(20)17-11/h7-8,21H,2-6H2,1H3,(H,17,19,20). The molecule has 0 spiro atoms. The second kappa shape index (κ2) is 5.00. The number of amides is 1. The molecule has 2 aliphatic rings. The number of anilines is 2. The number of ketones is 1. The molecule has 2 aliphatic heterocycles. The maximum absolute atomic E-state index is 11.7. The normalized spacial score (nSPS) is 25.6. The Morgan fingerprint density at radius 1 is 1.29 bits per heavy atom. The van der Waals surface area contributed by atoms with Crippen LogP contribution in [-0.2, 0) is 4.79 Å². The third-order valence-corrected chi connectivity index (χ3v) is 4.49. The van der Waals surface area contributed by atoms with Crippen LogP contribution in [0.2, 0.25) is 5.02 Å². The van der Waals surface area contributed by atoms with Crippen LogP contribution in [0.5, 0.6) is 0 Å². The maximum atomic E-state index is 11.7. The number of benzene rings is 1. The molecule has 1 saturated heterocycles. The van der Waals surface area contributed by atoms with E-state index in [-0.39, 0.29) is 0 Å². The molecule has 112 valence electrons. The van der Waals surface area contributed by atoms with Crippen molar-refractivity contribution in [2.24, 2.45) is 0 Å². The molecule has 1 aromatic rings. The van der Waals surface area contributed by atoms with Crippen molar-refractivity contribution >= 4 is 34.7 Å². The molecule has 0 saturated carbocycles. The summed E-state index contributed by atoms with van der Waals surface area (Å²) in [4.78, 5) is 25.2. The number of hydrogen-bond donors (Lipinski definition) is 2. The van der Waals surface area contributed by atoms with Crippen LogP contribution in [-0.4, -0.2) is 35.5 Å². The fourth-order valence-electron chi connectivity index (χ4n) is 2.90. The van der Waals surface area contributed by atoms with Gasteiger partial charge < -0.3 is 15.3 Å². The van der Waals surface area contributed by atoms with E-state index < -0.39 is 17.3 Å². The van der Waals surface area contributed by atoms with Gasteiger partial charge in [-0.15, -0.1) is 0 Å². The van der Waals surface area contributed by atoms with Gasteiger partial charge in [0.1, 0.15) is 0 Å². The van der Waals surface area contributed by atoms with E-state index in [4.69, 9.17) is 11.6 Å². The van der Waals surface area contributed by atoms with Crippen LogP contribution < -0.4 is 10.2 Å². The third-order valence-electron chi connectivity index (χ3n) is 4.19. The summed E-state index contributed by atoms with van der Waals surface area (Å²) in [6, 6.07) is 3.30. The molecule has 1 amide bonds. The zero-order chi connectivity index (χ0) is 15.2. The Labute approximate surface area is 127 Å². The van der Waals surface area contributed by atoms with Gasteiger partial charge in [-0.25, -0.2) is 0 Å². The van der Waals surface area contributed by atoms with E-state index in [0.717, 1.165) is 25.1 Å². The Balaban J connectivity index is 1.92. The first-order chi connectivity index (χ1) is 9.87. The fraction of sp³-hybridized carbons (Fsp3) is 0.467. The molecule has 6 heteroatoms. The van der Waals surface area contributed by atoms with E-state index in [0.29, 0.717) is 29.2 Å². The molecule has 0 aliphatic carbocycles. The number of nitrogens with zero attached hydrogens (tertiary/aromatic N) is 1. The van der Waals surface area contributed by atoms with E-state index in [1.165, 1.54) is 0 Å².